The lowest BCUT2D eigenvalue weighted by molar-refractivity contribution is -0.120. The molecular weight excluding hydrogens is 254 g/mol. The van der Waals surface area contributed by atoms with Crippen molar-refractivity contribution in [2.45, 2.75) is 39.2 Å². The summed E-state index contributed by atoms with van der Waals surface area (Å²) in [5, 5.41) is 14.5. The number of carbonyl (C=O) groups is 2. The number of aryl methyl sites for hydroxylation is 2. The Morgan fingerprint density at radius 3 is 2.70 bits per heavy atom. The van der Waals surface area contributed by atoms with Gasteiger partial charge in [-0.25, -0.2) is 0 Å². The molecule has 0 fully saturated rings. The number of benzene rings is 1. The van der Waals surface area contributed by atoms with Crippen molar-refractivity contribution in [2.75, 3.05) is 5.32 Å². The van der Waals surface area contributed by atoms with Crippen molar-refractivity contribution in [1.29, 1.82) is 5.26 Å². The number of amides is 2. The van der Waals surface area contributed by atoms with Crippen LogP contribution in [0, 0.1) is 25.2 Å². The van der Waals surface area contributed by atoms with Crippen LogP contribution in [0.4, 0.5) is 5.69 Å². The van der Waals surface area contributed by atoms with E-state index in [1.54, 1.807) is 0 Å². The van der Waals surface area contributed by atoms with Gasteiger partial charge in [-0.15, -0.1) is 0 Å². The number of anilines is 1. The second kappa shape index (κ2) is 5.33. The number of fused-ring (bicyclic) bond motifs is 1. The van der Waals surface area contributed by atoms with Crippen LogP contribution in [0.5, 0.6) is 0 Å². The first-order valence-electron chi connectivity index (χ1n) is 6.51. The number of hydrogen-bond acceptors (Lipinski definition) is 3. The highest BCUT2D eigenvalue weighted by molar-refractivity contribution is 6.03. The summed E-state index contributed by atoms with van der Waals surface area (Å²) < 4.78 is 0. The maximum Gasteiger partial charge on any atom is 0.232 e. The van der Waals surface area contributed by atoms with Gasteiger partial charge in [0.25, 0.3) is 0 Å². The number of nitrogens with zero attached hydrogens (tertiary/aromatic N) is 1. The van der Waals surface area contributed by atoms with Gasteiger partial charge in [-0.1, -0.05) is 6.07 Å². The molecule has 5 heteroatoms. The van der Waals surface area contributed by atoms with Crippen LogP contribution in [0.1, 0.15) is 36.0 Å². The molecule has 1 aliphatic heterocycles. The van der Waals surface area contributed by atoms with Crippen LogP contribution in [-0.2, 0) is 9.59 Å². The lowest BCUT2D eigenvalue weighted by Crippen LogP contribution is -2.34. The molecule has 0 aliphatic carbocycles. The largest absolute Gasteiger partial charge is 0.341 e. The molecule has 0 bridgehead atoms. The maximum atomic E-state index is 12.1. The predicted molar refractivity (Wildman–Crippen MR) is 75.1 cm³/mol. The molecule has 0 spiro atoms. The average Bonchev–Trinajstić information content (AvgIpc) is 2.65. The lowest BCUT2D eigenvalue weighted by atomic mass is 9.91. The van der Waals surface area contributed by atoms with Crippen molar-refractivity contribution in [2.24, 2.45) is 0 Å². The van der Waals surface area contributed by atoms with Crippen molar-refractivity contribution in [3.05, 3.63) is 28.8 Å². The second-order valence-electron chi connectivity index (χ2n) is 5.18. The molecule has 0 aromatic heterocycles. The molecule has 0 saturated heterocycles. The normalized spacial score (nSPS) is 17.9. The fourth-order valence-corrected chi connectivity index (χ4v) is 2.46. The van der Waals surface area contributed by atoms with Crippen molar-refractivity contribution in [3.8, 4) is 6.07 Å². The van der Waals surface area contributed by atoms with Gasteiger partial charge in [-0.2, -0.15) is 5.26 Å². The zero-order valence-electron chi connectivity index (χ0n) is 11.8. The third kappa shape index (κ3) is 2.64. The Balaban J connectivity index is 2.27. The fraction of sp³-hybridized carbons (Fsp3) is 0.400. The first-order chi connectivity index (χ1) is 9.42. The zero-order chi connectivity index (χ0) is 14.9. The van der Waals surface area contributed by atoms with Gasteiger partial charge in [-0.05, 0) is 43.0 Å². The van der Waals surface area contributed by atoms with Gasteiger partial charge in [-0.3, -0.25) is 9.59 Å². The van der Waals surface area contributed by atoms with Crippen molar-refractivity contribution >= 4 is 17.5 Å². The van der Waals surface area contributed by atoms with E-state index in [9.17, 15) is 9.59 Å². The van der Waals surface area contributed by atoms with Gasteiger partial charge in [0.15, 0.2) is 0 Å². The van der Waals surface area contributed by atoms with Gasteiger partial charge in [0.1, 0.15) is 6.04 Å². The molecule has 1 aromatic rings. The van der Waals surface area contributed by atoms with Crippen LogP contribution in [-0.4, -0.2) is 17.9 Å². The molecule has 0 saturated carbocycles. The molecule has 2 N–H and O–H groups in total. The van der Waals surface area contributed by atoms with Crippen molar-refractivity contribution < 1.29 is 9.59 Å². The minimum absolute atomic E-state index is 0.115. The average molecular weight is 271 g/mol. The Labute approximate surface area is 118 Å². The summed E-state index contributed by atoms with van der Waals surface area (Å²) in [5.74, 6) is -0.772. The SMILES string of the molecule is CC(=O)N[C@H](C#N)CC1C(=O)Nc2cc(C)c(C)cc21. The van der Waals surface area contributed by atoms with Gasteiger partial charge in [0, 0.05) is 12.6 Å². The number of hydrogen-bond donors (Lipinski definition) is 2. The van der Waals surface area contributed by atoms with E-state index < -0.39 is 6.04 Å². The van der Waals surface area contributed by atoms with Gasteiger partial charge in [0.05, 0.1) is 12.0 Å². The fourth-order valence-electron chi connectivity index (χ4n) is 2.46. The Hall–Kier alpha value is -2.35. The van der Waals surface area contributed by atoms with Crippen LogP contribution in [0.25, 0.3) is 0 Å². The third-order valence-corrected chi connectivity index (χ3v) is 3.62. The summed E-state index contributed by atoms with van der Waals surface area (Å²) >= 11 is 0. The molecule has 2 rings (SSSR count). The molecule has 1 aliphatic rings. The molecule has 5 nitrogen and oxygen atoms in total. The quantitative estimate of drug-likeness (QED) is 0.878. The molecule has 1 aromatic carbocycles. The first-order valence-corrected chi connectivity index (χ1v) is 6.51. The Morgan fingerprint density at radius 1 is 1.45 bits per heavy atom. The van der Waals surface area contributed by atoms with E-state index >= 15 is 0 Å². The Bertz CT molecular complexity index is 616. The maximum absolute atomic E-state index is 12.1. The summed E-state index contributed by atoms with van der Waals surface area (Å²) in [6.45, 7) is 5.34. The second-order valence-corrected chi connectivity index (χ2v) is 5.18. The van der Waals surface area contributed by atoms with E-state index in [0.29, 0.717) is 0 Å². The summed E-state index contributed by atoms with van der Waals surface area (Å²) in [6, 6.07) is 5.30. The lowest BCUT2D eigenvalue weighted by Gasteiger charge is -2.15. The molecule has 104 valence electrons. The molecule has 2 atom stereocenters. The zero-order valence-corrected chi connectivity index (χ0v) is 11.8. The smallest absolute Gasteiger partial charge is 0.232 e. The minimum Gasteiger partial charge on any atom is -0.341 e. The van der Waals surface area contributed by atoms with Crippen LogP contribution >= 0.6 is 0 Å². The summed E-state index contributed by atoms with van der Waals surface area (Å²) in [7, 11) is 0. The third-order valence-electron chi connectivity index (χ3n) is 3.62. The molecule has 20 heavy (non-hydrogen) atoms. The first kappa shape index (κ1) is 14.1. The topological polar surface area (TPSA) is 82.0 Å². The number of carbonyl (C=O) groups excluding carboxylic acids is 2. The van der Waals surface area contributed by atoms with Crippen LogP contribution in [0.3, 0.4) is 0 Å². The molecule has 1 unspecified atom stereocenters. The molecule has 2 amide bonds. The minimum atomic E-state index is -0.657. The highest BCUT2D eigenvalue weighted by Crippen LogP contribution is 2.37. The van der Waals surface area contributed by atoms with E-state index in [0.717, 1.165) is 22.4 Å². The standard InChI is InChI=1S/C15H17N3O2/c1-8-4-12-13(6-11(7-16)17-10(3)19)15(20)18-14(12)5-9(8)2/h4-5,11,13H,6H2,1-3H3,(H,17,19)(H,18,20)/t11-,13?/m0/s1. The monoisotopic (exact) mass is 271 g/mol. The van der Waals surface area contributed by atoms with Crippen LogP contribution in [0.15, 0.2) is 12.1 Å². The Kier molecular flexibility index (Phi) is 3.75. The van der Waals surface area contributed by atoms with Gasteiger partial charge >= 0.3 is 0 Å². The molecule has 0 radical (unpaired) electrons. The van der Waals surface area contributed by atoms with Crippen LogP contribution in [0.2, 0.25) is 0 Å². The molecule has 1 heterocycles. The molecular formula is C15H17N3O2. The summed E-state index contributed by atoms with van der Waals surface area (Å²) in [6.07, 6.45) is 0.289. The van der Waals surface area contributed by atoms with E-state index in [-0.39, 0.29) is 24.2 Å². The van der Waals surface area contributed by atoms with Crippen LogP contribution < -0.4 is 10.6 Å². The summed E-state index contributed by atoms with van der Waals surface area (Å²) in [5.41, 5.74) is 3.94. The van der Waals surface area contributed by atoms with E-state index in [4.69, 9.17) is 5.26 Å². The van der Waals surface area contributed by atoms with Gasteiger partial charge in [0.2, 0.25) is 11.8 Å². The Morgan fingerprint density at radius 2 is 2.10 bits per heavy atom. The number of rotatable bonds is 3. The highest BCUT2D eigenvalue weighted by atomic mass is 16.2. The van der Waals surface area contributed by atoms with Crippen molar-refractivity contribution in [1.82, 2.24) is 5.32 Å². The number of nitriles is 1. The van der Waals surface area contributed by atoms with E-state index in [1.807, 2.05) is 32.0 Å². The van der Waals surface area contributed by atoms with E-state index in [1.165, 1.54) is 6.92 Å². The van der Waals surface area contributed by atoms with E-state index in [2.05, 4.69) is 10.6 Å². The summed E-state index contributed by atoms with van der Waals surface area (Å²) in [4.78, 5) is 23.1. The highest BCUT2D eigenvalue weighted by Gasteiger charge is 2.33. The predicted octanol–water partition coefficient (Wildman–Crippen LogP) is 1.76. The van der Waals surface area contributed by atoms with Crippen molar-refractivity contribution in [3.63, 3.8) is 0 Å². The van der Waals surface area contributed by atoms with Gasteiger partial charge < -0.3 is 10.6 Å². The number of nitrogens with one attached hydrogen (secondary N) is 2.